The van der Waals surface area contributed by atoms with E-state index in [2.05, 4.69) is 18.7 Å². The first-order valence-corrected chi connectivity index (χ1v) is 7.55. The first-order valence-electron chi connectivity index (χ1n) is 7.55. The van der Waals surface area contributed by atoms with Crippen LogP contribution in [0.15, 0.2) is 30.3 Å². The van der Waals surface area contributed by atoms with Crippen molar-refractivity contribution in [1.82, 2.24) is 4.98 Å². The van der Waals surface area contributed by atoms with Crippen molar-refractivity contribution in [3.63, 3.8) is 0 Å². The van der Waals surface area contributed by atoms with E-state index in [1.54, 1.807) is 0 Å². The Bertz CT molecular complexity index is 678. The standard InChI is InChI=1S/C17H22N4/c1-11(2)12-7-8-21(10-12)16-9-14(17(18)19)13-5-3-4-6-15(13)20-16/h3-6,9,11-12H,7-8,10H2,1-2H3,(H3,18,19). The minimum absolute atomic E-state index is 0.106. The van der Waals surface area contributed by atoms with Crippen molar-refractivity contribution >= 4 is 22.6 Å². The van der Waals surface area contributed by atoms with E-state index in [9.17, 15) is 0 Å². The average Bonchev–Trinajstić information content (AvgIpc) is 2.96. The van der Waals surface area contributed by atoms with E-state index in [1.165, 1.54) is 6.42 Å². The Hall–Kier alpha value is -2.10. The zero-order valence-corrected chi connectivity index (χ0v) is 12.6. The van der Waals surface area contributed by atoms with Gasteiger partial charge in [0.1, 0.15) is 11.7 Å². The number of hydrogen-bond donors (Lipinski definition) is 2. The molecule has 1 aliphatic rings. The summed E-state index contributed by atoms with van der Waals surface area (Å²) < 4.78 is 0. The molecule has 2 aromatic rings. The highest BCUT2D eigenvalue weighted by Crippen LogP contribution is 2.29. The van der Waals surface area contributed by atoms with Crippen LogP contribution in [0, 0.1) is 17.2 Å². The van der Waals surface area contributed by atoms with Gasteiger partial charge in [0.05, 0.1) is 5.52 Å². The number of anilines is 1. The van der Waals surface area contributed by atoms with Crippen molar-refractivity contribution < 1.29 is 0 Å². The molecule has 4 heteroatoms. The van der Waals surface area contributed by atoms with Crippen LogP contribution in [0.2, 0.25) is 0 Å². The fraction of sp³-hybridized carbons (Fsp3) is 0.412. The predicted octanol–water partition coefficient (Wildman–Crippen LogP) is 3.00. The van der Waals surface area contributed by atoms with Gasteiger partial charge in [0.15, 0.2) is 0 Å². The third-order valence-corrected chi connectivity index (χ3v) is 4.48. The maximum absolute atomic E-state index is 7.82. The largest absolute Gasteiger partial charge is 0.384 e. The van der Waals surface area contributed by atoms with Crippen molar-refractivity contribution in [2.24, 2.45) is 17.6 Å². The molecule has 0 spiro atoms. The van der Waals surface area contributed by atoms with Gasteiger partial charge in [-0.2, -0.15) is 0 Å². The summed E-state index contributed by atoms with van der Waals surface area (Å²) in [5.74, 6) is 2.47. The second-order valence-corrected chi connectivity index (χ2v) is 6.20. The van der Waals surface area contributed by atoms with E-state index in [0.29, 0.717) is 5.92 Å². The number of aromatic nitrogens is 1. The van der Waals surface area contributed by atoms with Crippen molar-refractivity contribution in [1.29, 1.82) is 5.41 Å². The van der Waals surface area contributed by atoms with Gasteiger partial charge < -0.3 is 10.6 Å². The van der Waals surface area contributed by atoms with Gasteiger partial charge in [0.25, 0.3) is 0 Å². The summed E-state index contributed by atoms with van der Waals surface area (Å²) in [5, 5.41) is 8.78. The van der Waals surface area contributed by atoms with Crippen LogP contribution < -0.4 is 10.6 Å². The number of nitrogen functional groups attached to an aromatic ring is 1. The van der Waals surface area contributed by atoms with Crippen molar-refractivity contribution in [2.75, 3.05) is 18.0 Å². The summed E-state index contributed by atoms with van der Waals surface area (Å²) in [5.41, 5.74) is 7.45. The zero-order chi connectivity index (χ0) is 15.0. The van der Waals surface area contributed by atoms with Crippen molar-refractivity contribution in [3.05, 3.63) is 35.9 Å². The summed E-state index contributed by atoms with van der Waals surface area (Å²) >= 11 is 0. The lowest BCUT2D eigenvalue weighted by Crippen LogP contribution is -2.23. The highest BCUT2D eigenvalue weighted by atomic mass is 15.2. The minimum atomic E-state index is 0.106. The molecule has 0 saturated carbocycles. The molecule has 0 bridgehead atoms. The Kier molecular flexibility index (Phi) is 3.53. The monoisotopic (exact) mass is 282 g/mol. The summed E-state index contributed by atoms with van der Waals surface area (Å²) in [6.07, 6.45) is 1.21. The average molecular weight is 282 g/mol. The van der Waals surface area contributed by atoms with Crippen molar-refractivity contribution in [2.45, 2.75) is 20.3 Å². The smallest absolute Gasteiger partial charge is 0.129 e. The first-order chi connectivity index (χ1) is 10.1. The zero-order valence-electron chi connectivity index (χ0n) is 12.6. The Labute approximate surface area is 125 Å². The van der Waals surface area contributed by atoms with Crippen LogP contribution in [-0.2, 0) is 0 Å². The molecular formula is C17H22N4. The molecule has 1 aliphatic heterocycles. The Morgan fingerprint density at radius 2 is 2.14 bits per heavy atom. The predicted molar refractivity (Wildman–Crippen MR) is 87.9 cm³/mol. The lowest BCUT2D eigenvalue weighted by Gasteiger charge is -2.20. The Balaban J connectivity index is 2.02. The number of amidine groups is 1. The second-order valence-electron chi connectivity index (χ2n) is 6.20. The van der Waals surface area contributed by atoms with Crippen LogP contribution in [0.3, 0.4) is 0 Å². The number of pyridine rings is 1. The van der Waals surface area contributed by atoms with Crippen LogP contribution in [0.4, 0.5) is 5.82 Å². The van der Waals surface area contributed by atoms with Gasteiger partial charge in [-0.1, -0.05) is 32.0 Å². The number of para-hydroxylation sites is 1. The van der Waals surface area contributed by atoms with Crippen LogP contribution in [0.5, 0.6) is 0 Å². The molecule has 3 rings (SSSR count). The highest BCUT2D eigenvalue weighted by Gasteiger charge is 2.26. The summed E-state index contributed by atoms with van der Waals surface area (Å²) in [7, 11) is 0. The number of nitrogens with one attached hydrogen (secondary N) is 1. The molecule has 3 N–H and O–H groups in total. The number of nitrogens with zero attached hydrogens (tertiary/aromatic N) is 2. The van der Waals surface area contributed by atoms with Crippen molar-refractivity contribution in [3.8, 4) is 0 Å². The Morgan fingerprint density at radius 1 is 1.38 bits per heavy atom. The van der Waals surface area contributed by atoms with Gasteiger partial charge in [-0.15, -0.1) is 0 Å². The SMILES string of the molecule is CC(C)C1CCN(c2cc(C(=N)N)c3ccccc3n2)C1. The topological polar surface area (TPSA) is 66.0 Å². The molecule has 0 radical (unpaired) electrons. The van der Waals surface area contributed by atoms with Gasteiger partial charge >= 0.3 is 0 Å². The summed E-state index contributed by atoms with van der Waals surface area (Å²) in [4.78, 5) is 7.09. The normalized spacial score (nSPS) is 18.6. The molecule has 1 fully saturated rings. The molecule has 4 nitrogen and oxygen atoms in total. The minimum Gasteiger partial charge on any atom is -0.384 e. The van der Waals surface area contributed by atoms with E-state index in [4.69, 9.17) is 16.1 Å². The lowest BCUT2D eigenvalue weighted by molar-refractivity contribution is 0.422. The van der Waals surface area contributed by atoms with Gasteiger partial charge in [-0.3, -0.25) is 5.41 Å². The number of nitrogens with two attached hydrogens (primary N) is 1. The Morgan fingerprint density at radius 3 is 2.81 bits per heavy atom. The molecule has 0 amide bonds. The number of fused-ring (bicyclic) bond motifs is 1. The number of benzene rings is 1. The molecule has 21 heavy (non-hydrogen) atoms. The lowest BCUT2D eigenvalue weighted by atomic mass is 9.95. The summed E-state index contributed by atoms with van der Waals surface area (Å²) in [6, 6.07) is 9.86. The third-order valence-electron chi connectivity index (χ3n) is 4.48. The molecule has 1 atom stereocenters. The van der Waals surface area contributed by atoms with Gasteiger partial charge in [0.2, 0.25) is 0 Å². The van der Waals surface area contributed by atoms with Crippen LogP contribution >= 0.6 is 0 Å². The van der Waals surface area contributed by atoms with Crippen LogP contribution in [0.25, 0.3) is 10.9 Å². The molecule has 2 heterocycles. The number of hydrogen-bond acceptors (Lipinski definition) is 3. The first kappa shape index (κ1) is 13.9. The molecule has 1 aromatic heterocycles. The molecular weight excluding hydrogens is 260 g/mol. The molecule has 110 valence electrons. The number of rotatable bonds is 3. The second kappa shape index (κ2) is 5.35. The maximum Gasteiger partial charge on any atom is 0.129 e. The van der Waals surface area contributed by atoms with E-state index in [1.807, 2.05) is 30.3 Å². The van der Waals surface area contributed by atoms with Gasteiger partial charge in [-0.25, -0.2) is 4.98 Å². The van der Waals surface area contributed by atoms with Gasteiger partial charge in [0, 0.05) is 24.0 Å². The molecule has 1 aromatic carbocycles. The van der Waals surface area contributed by atoms with Crippen LogP contribution in [0.1, 0.15) is 25.8 Å². The quantitative estimate of drug-likeness (QED) is 0.672. The van der Waals surface area contributed by atoms with Gasteiger partial charge in [-0.05, 0) is 30.4 Å². The maximum atomic E-state index is 7.82. The van der Waals surface area contributed by atoms with Crippen LogP contribution in [-0.4, -0.2) is 23.9 Å². The van der Waals surface area contributed by atoms with E-state index in [-0.39, 0.29) is 5.84 Å². The molecule has 1 saturated heterocycles. The van der Waals surface area contributed by atoms with E-state index < -0.39 is 0 Å². The fourth-order valence-electron chi connectivity index (χ4n) is 3.09. The third kappa shape index (κ3) is 2.58. The molecule has 0 aliphatic carbocycles. The van der Waals surface area contributed by atoms with E-state index in [0.717, 1.165) is 41.3 Å². The summed E-state index contributed by atoms with van der Waals surface area (Å²) in [6.45, 7) is 6.64. The highest BCUT2D eigenvalue weighted by molar-refractivity contribution is 6.07. The molecule has 1 unspecified atom stereocenters. The van der Waals surface area contributed by atoms with E-state index >= 15 is 0 Å². The fourth-order valence-corrected chi connectivity index (χ4v) is 3.09.